The van der Waals surface area contributed by atoms with Gasteiger partial charge < -0.3 is 4.74 Å². The molecule has 1 N–H and O–H groups in total. The third-order valence-electron chi connectivity index (χ3n) is 0.882. The summed E-state index contributed by atoms with van der Waals surface area (Å²) in [6, 6.07) is 0. The van der Waals surface area contributed by atoms with E-state index in [2.05, 4.69) is 22.1 Å². The number of amides is 1. The molecule has 0 heterocycles. The predicted molar refractivity (Wildman–Crippen MR) is 49.7 cm³/mol. The Morgan fingerprint density at radius 2 is 1.86 bits per heavy atom. The van der Waals surface area contributed by atoms with Crippen molar-refractivity contribution in [1.82, 2.24) is 4.72 Å². The summed E-state index contributed by atoms with van der Waals surface area (Å²) in [6.45, 7) is 6.23. The van der Waals surface area contributed by atoms with E-state index in [0.717, 1.165) is 0 Å². The molecule has 6 nitrogen and oxygen atoms in total. The van der Waals surface area contributed by atoms with Gasteiger partial charge in [0.25, 0.3) is 0 Å². The van der Waals surface area contributed by atoms with E-state index < -0.39 is 16.4 Å². The third-order valence-corrected chi connectivity index (χ3v) is 1.74. The molecular weight excluding hydrogens is 210 g/mol. The fourth-order valence-corrected chi connectivity index (χ4v) is 1.03. The summed E-state index contributed by atoms with van der Waals surface area (Å²) in [7, 11) is -4.10. The molecule has 7 heteroatoms. The Morgan fingerprint density at radius 3 is 2.36 bits per heavy atom. The quantitative estimate of drug-likeness (QED) is 0.654. The molecule has 0 bridgehead atoms. The summed E-state index contributed by atoms with van der Waals surface area (Å²) >= 11 is 0. The first-order valence-electron chi connectivity index (χ1n) is 3.57. The highest BCUT2D eigenvalue weighted by Crippen LogP contribution is 1.89. The van der Waals surface area contributed by atoms with Gasteiger partial charge in [-0.15, -0.1) is 6.58 Å². The van der Waals surface area contributed by atoms with Crippen molar-refractivity contribution in [3.05, 3.63) is 25.3 Å². The maximum absolute atomic E-state index is 10.9. The standard InChI is InChI=1S/C7H11NO5S/c1-3-5-12-7(9)8-14(10,11)13-6-4-2/h3-4H,1-2,5-6H2,(H,8,9). The zero-order valence-corrected chi connectivity index (χ0v) is 8.25. The molecule has 0 aromatic carbocycles. The SMILES string of the molecule is C=CCOC(=O)NS(=O)(=O)OCC=C. The van der Waals surface area contributed by atoms with Crippen LogP contribution in [-0.4, -0.2) is 27.7 Å². The van der Waals surface area contributed by atoms with Crippen molar-refractivity contribution in [1.29, 1.82) is 0 Å². The zero-order chi connectivity index (χ0) is 11.0. The lowest BCUT2D eigenvalue weighted by Crippen LogP contribution is -2.32. The van der Waals surface area contributed by atoms with Crippen molar-refractivity contribution in [2.75, 3.05) is 13.2 Å². The van der Waals surface area contributed by atoms with Crippen LogP contribution in [-0.2, 0) is 19.2 Å². The van der Waals surface area contributed by atoms with Crippen LogP contribution < -0.4 is 4.72 Å². The molecule has 80 valence electrons. The first-order chi connectivity index (χ1) is 6.52. The summed E-state index contributed by atoms with van der Waals surface area (Å²) in [4.78, 5) is 10.7. The van der Waals surface area contributed by atoms with Crippen LogP contribution in [0.25, 0.3) is 0 Å². The second-order valence-corrected chi connectivity index (χ2v) is 3.36. The number of hydrogen-bond donors (Lipinski definition) is 1. The molecule has 0 fully saturated rings. The molecule has 0 aromatic heterocycles. The Hall–Kier alpha value is -1.34. The number of carbonyl (C=O) groups is 1. The van der Waals surface area contributed by atoms with Gasteiger partial charge in [0.2, 0.25) is 0 Å². The number of rotatable bonds is 6. The van der Waals surface area contributed by atoms with E-state index in [1.807, 2.05) is 0 Å². The summed E-state index contributed by atoms with van der Waals surface area (Å²) < 4.78 is 31.8. The lowest BCUT2D eigenvalue weighted by molar-refractivity contribution is 0.163. The summed E-state index contributed by atoms with van der Waals surface area (Å²) in [5.74, 6) is 0. The minimum Gasteiger partial charge on any atom is -0.445 e. The second-order valence-electron chi connectivity index (χ2n) is 2.02. The summed E-state index contributed by atoms with van der Waals surface area (Å²) in [5.41, 5.74) is 0. The topological polar surface area (TPSA) is 81.7 Å². The van der Waals surface area contributed by atoms with Crippen LogP contribution >= 0.6 is 0 Å². The molecule has 0 unspecified atom stereocenters. The molecule has 0 aliphatic heterocycles. The molecule has 0 saturated carbocycles. The molecule has 0 spiro atoms. The Balaban J connectivity index is 4.01. The molecule has 14 heavy (non-hydrogen) atoms. The lowest BCUT2D eigenvalue weighted by Gasteiger charge is -2.04. The van der Waals surface area contributed by atoms with Gasteiger partial charge in [0, 0.05) is 0 Å². The first kappa shape index (κ1) is 12.7. The van der Waals surface area contributed by atoms with Crippen LogP contribution in [0, 0.1) is 0 Å². The molecule has 0 aromatic rings. The first-order valence-corrected chi connectivity index (χ1v) is 4.98. The Labute approximate surface area is 82.5 Å². The van der Waals surface area contributed by atoms with Crippen molar-refractivity contribution in [3.63, 3.8) is 0 Å². The highest BCUT2D eigenvalue weighted by atomic mass is 32.2. The van der Waals surface area contributed by atoms with Crippen molar-refractivity contribution >= 4 is 16.4 Å². The van der Waals surface area contributed by atoms with E-state index in [1.54, 1.807) is 0 Å². The second kappa shape index (κ2) is 6.17. The minimum absolute atomic E-state index is 0.0805. The van der Waals surface area contributed by atoms with Crippen LogP contribution in [0.4, 0.5) is 4.79 Å². The monoisotopic (exact) mass is 221 g/mol. The van der Waals surface area contributed by atoms with Crippen molar-refractivity contribution in [2.45, 2.75) is 0 Å². The molecule has 0 radical (unpaired) electrons. The molecule has 0 atom stereocenters. The van der Waals surface area contributed by atoms with Gasteiger partial charge >= 0.3 is 16.4 Å². The van der Waals surface area contributed by atoms with Gasteiger partial charge in [-0.05, 0) is 0 Å². The fourth-order valence-electron chi connectivity index (χ4n) is 0.433. The zero-order valence-electron chi connectivity index (χ0n) is 7.43. The third kappa shape index (κ3) is 6.21. The highest BCUT2D eigenvalue weighted by Gasteiger charge is 2.14. The van der Waals surface area contributed by atoms with Gasteiger partial charge in [0.15, 0.2) is 0 Å². The smallest absolute Gasteiger partial charge is 0.423 e. The average Bonchev–Trinajstić information content (AvgIpc) is 2.11. The molecule has 0 aliphatic rings. The molecule has 1 amide bonds. The van der Waals surface area contributed by atoms with E-state index in [0.29, 0.717) is 0 Å². The average molecular weight is 221 g/mol. The molecule has 0 saturated heterocycles. The fraction of sp³-hybridized carbons (Fsp3) is 0.286. The maximum Gasteiger partial charge on any atom is 0.423 e. The molecular formula is C7H11NO5S. The highest BCUT2D eigenvalue weighted by molar-refractivity contribution is 7.85. The Bertz CT molecular complexity index is 308. The van der Waals surface area contributed by atoms with Crippen molar-refractivity contribution in [3.8, 4) is 0 Å². The van der Waals surface area contributed by atoms with E-state index in [9.17, 15) is 13.2 Å². The number of nitrogens with one attached hydrogen (secondary N) is 1. The van der Waals surface area contributed by atoms with Crippen LogP contribution in [0.1, 0.15) is 0 Å². The summed E-state index contributed by atoms with van der Waals surface area (Å²) in [6.07, 6.45) is 1.42. The van der Waals surface area contributed by atoms with Gasteiger partial charge in [0.05, 0.1) is 6.61 Å². The largest absolute Gasteiger partial charge is 0.445 e. The van der Waals surface area contributed by atoms with Crippen molar-refractivity contribution < 1.29 is 22.1 Å². The van der Waals surface area contributed by atoms with Crippen LogP contribution in [0.15, 0.2) is 25.3 Å². The Morgan fingerprint density at radius 1 is 1.29 bits per heavy atom. The van der Waals surface area contributed by atoms with Gasteiger partial charge in [-0.3, -0.25) is 0 Å². The van der Waals surface area contributed by atoms with Crippen LogP contribution in [0.5, 0.6) is 0 Å². The number of ether oxygens (including phenoxy) is 1. The summed E-state index contributed by atoms with van der Waals surface area (Å²) in [5, 5.41) is 0. The van der Waals surface area contributed by atoms with Crippen molar-refractivity contribution in [2.24, 2.45) is 0 Å². The van der Waals surface area contributed by atoms with E-state index in [4.69, 9.17) is 0 Å². The number of carbonyl (C=O) groups excluding carboxylic acids is 1. The minimum atomic E-state index is -4.10. The normalized spacial score (nSPS) is 10.3. The molecule has 0 aliphatic carbocycles. The van der Waals surface area contributed by atoms with Gasteiger partial charge in [-0.25, -0.2) is 8.98 Å². The predicted octanol–water partition coefficient (Wildman–Crippen LogP) is 0.346. The van der Waals surface area contributed by atoms with E-state index >= 15 is 0 Å². The number of hydrogen-bond acceptors (Lipinski definition) is 5. The molecule has 0 rings (SSSR count). The van der Waals surface area contributed by atoms with E-state index in [-0.39, 0.29) is 13.2 Å². The van der Waals surface area contributed by atoms with Crippen LogP contribution in [0.3, 0.4) is 0 Å². The van der Waals surface area contributed by atoms with E-state index in [1.165, 1.54) is 16.9 Å². The maximum atomic E-state index is 10.9. The van der Waals surface area contributed by atoms with Gasteiger partial charge in [-0.2, -0.15) is 13.1 Å². The van der Waals surface area contributed by atoms with Gasteiger partial charge in [0.1, 0.15) is 6.61 Å². The lowest BCUT2D eigenvalue weighted by atomic mass is 10.7. The van der Waals surface area contributed by atoms with Crippen LogP contribution in [0.2, 0.25) is 0 Å². The Kier molecular flexibility index (Phi) is 5.58. The van der Waals surface area contributed by atoms with Gasteiger partial charge in [-0.1, -0.05) is 18.7 Å².